The number of halogens is 3. The molecule has 4 rings (SSSR count). The van der Waals surface area contributed by atoms with Crippen molar-refractivity contribution in [1.82, 2.24) is 5.32 Å². The highest BCUT2D eigenvalue weighted by Gasteiger charge is 2.33. The number of amides is 2. The van der Waals surface area contributed by atoms with Crippen molar-refractivity contribution in [2.45, 2.75) is 12.5 Å². The first-order valence-corrected chi connectivity index (χ1v) is 9.50. The standard InChI is InChI=1S/C22H18F3N3O3/c23-18-10-16(28-12-17(31-22(28)30)11-26-21(29)20(24)25)6-7-19(18)27-15-8-13-4-2-1-3-5-14(13)9-15/h1-10,17,20,27H,11-12H2,(H,26,29)/t17-/m0/s1. The van der Waals surface area contributed by atoms with E-state index in [1.54, 1.807) is 6.07 Å². The van der Waals surface area contributed by atoms with E-state index in [9.17, 15) is 22.8 Å². The van der Waals surface area contributed by atoms with Gasteiger partial charge in [-0.05, 0) is 41.5 Å². The zero-order valence-electron chi connectivity index (χ0n) is 16.1. The van der Waals surface area contributed by atoms with Crippen molar-refractivity contribution >= 4 is 29.1 Å². The predicted octanol–water partition coefficient (Wildman–Crippen LogP) is 4.38. The van der Waals surface area contributed by atoms with Crippen LogP contribution in [0.25, 0.3) is 11.1 Å². The second-order valence-corrected chi connectivity index (χ2v) is 7.02. The average Bonchev–Trinajstić information content (AvgIpc) is 3.23. The minimum atomic E-state index is -3.15. The van der Waals surface area contributed by atoms with Crippen LogP contribution in [0.15, 0.2) is 60.7 Å². The molecule has 3 aliphatic rings. The lowest BCUT2D eigenvalue weighted by Gasteiger charge is -2.15. The fourth-order valence-electron chi connectivity index (χ4n) is 3.35. The van der Waals surface area contributed by atoms with Crippen molar-refractivity contribution < 1.29 is 27.5 Å². The van der Waals surface area contributed by atoms with E-state index in [1.165, 1.54) is 17.0 Å². The molecule has 1 fully saturated rings. The highest BCUT2D eigenvalue weighted by molar-refractivity contribution is 5.90. The minimum Gasteiger partial charge on any atom is -0.442 e. The Balaban J connectivity index is 1.44. The van der Waals surface area contributed by atoms with Gasteiger partial charge in [0.05, 0.1) is 24.5 Å². The molecule has 0 spiro atoms. The van der Waals surface area contributed by atoms with Gasteiger partial charge in [0.25, 0.3) is 5.91 Å². The van der Waals surface area contributed by atoms with E-state index in [0.29, 0.717) is 0 Å². The monoisotopic (exact) mass is 429 g/mol. The Morgan fingerprint density at radius 2 is 1.81 bits per heavy atom. The number of hydrogen-bond donors (Lipinski definition) is 2. The predicted molar refractivity (Wildman–Crippen MR) is 109 cm³/mol. The van der Waals surface area contributed by atoms with Gasteiger partial charge in [-0.3, -0.25) is 9.69 Å². The van der Waals surface area contributed by atoms with Crippen molar-refractivity contribution in [3.05, 3.63) is 66.5 Å². The second kappa shape index (κ2) is 8.55. The van der Waals surface area contributed by atoms with E-state index in [1.807, 2.05) is 47.8 Å². The van der Waals surface area contributed by atoms with E-state index in [2.05, 4.69) is 5.32 Å². The number of nitrogens with zero attached hydrogens (tertiary/aromatic N) is 1. The Hall–Kier alpha value is -3.75. The van der Waals surface area contributed by atoms with E-state index < -0.39 is 30.3 Å². The maximum atomic E-state index is 14.7. The first-order chi connectivity index (χ1) is 14.9. The number of cyclic esters (lactones) is 1. The van der Waals surface area contributed by atoms with Crippen molar-refractivity contribution in [2.24, 2.45) is 0 Å². The molecule has 0 bridgehead atoms. The zero-order chi connectivity index (χ0) is 22.0. The molecular formula is C22H18F3N3O3. The Bertz CT molecular complexity index is 1060. The second-order valence-electron chi connectivity index (χ2n) is 7.02. The molecule has 1 heterocycles. The van der Waals surface area contributed by atoms with Crippen molar-refractivity contribution in [3.8, 4) is 11.1 Å². The van der Waals surface area contributed by atoms with Gasteiger partial charge in [-0.25, -0.2) is 9.18 Å². The van der Waals surface area contributed by atoms with Crippen LogP contribution in [-0.2, 0) is 9.53 Å². The summed E-state index contributed by atoms with van der Waals surface area (Å²) >= 11 is 0. The lowest BCUT2D eigenvalue weighted by atomic mass is 10.2. The third kappa shape index (κ3) is 4.55. The highest BCUT2D eigenvalue weighted by Crippen LogP contribution is 2.32. The topological polar surface area (TPSA) is 70.7 Å². The van der Waals surface area contributed by atoms with Gasteiger partial charge in [-0.2, -0.15) is 8.78 Å². The summed E-state index contributed by atoms with van der Waals surface area (Å²) in [5.41, 5.74) is 3.24. The molecule has 2 aliphatic carbocycles. The van der Waals surface area contributed by atoms with Crippen LogP contribution >= 0.6 is 0 Å². The molecule has 0 aromatic heterocycles. The van der Waals surface area contributed by atoms with Crippen molar-refractivity contribution in [3.63, 3.8) is 0 Å². The van der Waals surface area contributed by atoms with Crippen LogP contribution in [-0.4, -0.2) is 37.6 Å². The number of ether oxygens (including phenoxy) is 1. The largest absolute Gasteiger partial charge is 0.442 e. The number of carbonyl (C=O) groups excluding carboxylic acids is 2. The lowest BCUT2D eigenvalue weighted by Crippen LogP contribution is -2.37. The molecule has 1 atom stereocenters. The van der Waals surface area contributed by atoms with Gasteiger partial charge in [0, 0.05) is 5.69 Å². The summed E-state index contributed by atoms with van der Waals surface area (Å²) in [7, 11) is 0. The molecule has 1 aliphatic heterocycles. The molecule has 1 aromatic carbocycles. The minimum absolute atomic E-state index is 0.000174. The summed E-state index contributed by atoms with van der Waals surface area (Å²) in [4.78, 5) is 24.2. The van der Waals surface area contributed by atoms with Crippen LogP contribution in [0.5, 0.6) is 0 Å². The maximum Gasteiger partial charge on any atom is 0.414 e. The molecule has 2 N–H and O–H groups in total. The SMILES string of the molecule is O=C(NC[C@H]1CN(c2ccc(Nc3cc4cccccc-4c3)c(F)c2)C(=O)O1)C(F)F. The van der Waals surface area contributed by atoms with Gasteiger partial charge < -0.3 is 15.4 Å². The number of nitrogens with one attached hydrogen (secondary N) is 2. The van der Waals surface area contributed by atoms with Gasteiger partial charge in [0.15, 0.2) is 0 Å². The molecular weight excluding hydrogens is 411 g/mol. The molecule has 1 aromatic rings. The molecule has 31 heavy (non-hydrogen) atoms. The Morgan fingerprint density at radius 3 is 2.45 bits per heavy atom. The summed E-state index contributed by atoms with van der Waals surface area (Å²) < 4.78 is 44.3. The maximum absolute atomic E-state index is 14.7. The van der Waals surface area contributed by atoms with E-state index in [4.69, 9.17) is 4.74 Å². The quantitative estimate of drug-likeness (QED) is 0.610. The van der Waals surface area contributed by atoms with Gasteiger partial charge in [0.1, 0.15) is 11.9 Å². The van der Waals surface area contributed by atoms with Crippen molar-refractivity contribution in [1.29, 1.82) is 0 Å². The molecule has 160 valence electrons. The van der Waals surface area contributed by atoms with Crippen LogP contribution in [0.2, 0.25) is 0 Å². The number of carbonyl (C=O) groups is 2. The molecule has 2 amide bonds. The first-order valence-electron chi connectivity index (χ1n) is 9.50. The van der Waals surface area contributed by atoms with Crippen LogP contribution in [0, 0.1) is 5.82 Å². The summed E-state index contributed by atoms with van der Waals surface area (Å²) in [6.45, 7) is -0.254. The summed E-state index contributed by atoms with van der Waals surface area (Å²) in [5.74, 6) is -2.01. The molecule has 9 heteroatoms. The summed E-state index contributed by atoms with van der Waals surface area (Å²) in [6, 6.07) is 17.7. The van der Waals surface area contributed by atoms with E-state index in [0.717, 1.165) is 16.8 Å². The lowest BCUT2D eigenvalue weighted by molar-refractivity contribution is -0.132. The fourth-order valence-corrected chi connectivity index (χ4v) is 3.35. The number of rotatable bonds is 6. The smallest absolute Gasteiger partial charge is 0.414 e. The van der Waals surface area contributed by atoms with Crippen LogP contribution < -0.4 is 15.5 Å². The molecule has 0 radical (unpaired) electrons. The van der Waals surface area contributed by atoms with E-state index in [-0.39, 0.29) is 24.5 Å². The molecule has 1 saturated heterocycles. The Labute approximate surface area is 176 Å². The molecule has 0 saturated carbocycles. The molecule has 6 nitrogen and oxygen atoms in total. The van der Waals surface area contributed by atoms with Gasteiger partial charge >= 0.3 is 12.5 Å². The fraction of sp³-hybridized carbons (Fsp3) is 0.182. The van der Waals surface area contributed by atoms with Gasteiger partial charge in [-0.15, -0.1) is 0 Å². The van der Waals surface area contributed by atoms with Crippen LogP contribution in [0.4, 0.5) is 35.0 Å². The van der Waals surface area contributed by atoms with Gasteiger partial charge in [-0.1, -0.05) is 30.3 Å². The Morgan fingerprint density at radius 1 is 1.10 bits per heavy atom. The van der Waals surface area contributed by atoms with E-state index >= 15 is 0 Å². The summed E-state index contributed by atoms with van der Waals surface area (Å²) in [5, 5.41) is 5.03. The number of anilines is 3. The number of alkyl halides is 2. The third-order valence-corrected chi connectivity index (χ3v) is 4.85. The normalized spacial score (nSPS) is 15.9. The van der Waals surface area contributed by atoms with Gasteiger partial charge in [0.2, 0.25) is 0 Å². The van der Waals surface area contributed by atoms with Crippen LogP contribution in [0.1, 0.15) is 0 Å². The van der Waals surface area contributed by atoms with Crippen LogP contribution in [0.3, 0.4) is 0 Å². The number of fused-ring (bicyclic) bond motifs is 1. The highest BCUT2D eigenvalue weighted by atomic mass is 19.3. The average molecular weight is 429 g/mol. The Kier molecular flexibility index (Phi) is 5.66. The third-order valence-electron chi connectivity index (χ3n) is 4.85. The number of benzene rings is 1. The summed E-state index contributed by atoms with van der Waals surface area (Å²) in [6.07, 6.45) is -4.70. The first kappa shape index (κ1) is 20.5. The number of hydrogen-bond acceptors (Lipinski definition) is 4. The molecule has 0 unspecified atom stereocenters. The zero-order valence-corrected chi connectivity index (χ0v) is 16.1. The van der Waals surface area contributed by atoms with Crippen molar-refractivity contribution in [2.75, 3.05) is 23.3 Å².